The molecular formula is C24H21Cl2NO3. The maximum atomic E-state index is 12.9. The first-order valence-corrected chi connectivity index (χ1v) is 10.4. The van der Waals surface area contributed by atoms with Gasteiger partial charge in [0.2, 0.25) is 5.91 Å². The molecule has 30 heavy (non-hydrogen) atoms. The van der Waals surface area contributed by atoms with E-state index in [2.05, 4.69) is 0 Å². The van der Waals surface area contributed by atoms with Crippen LogP contribution in [-0.2, 0) is 9.53 Å². The Bertz CT molecular complexity index is 993. The van der Waals surface area contributed by atoms with Crippen molar-refractivity contribution in [3.8, 4) is 0 Å². The number of ether oxygens (including phenoxy) is 1. The standard InChI is InChI=1S/C24H21Cl2NO3/c25-19-10-6-17(7-11-19)23-24(18-8-12-20(26)13-9-18)30-15-22(29)27(23)14-21(28)16-4-2-1-3-5-16/h1-13,21,23-24,28H,14-15H2/t21-,23-,24+/m0/s1. The third-order valence-corrected chi connectivity index (χ3v) is 5.80. The van der Waals surface area contributed by atoms with E-state index in [0.29, 0.717) is 10.0 Å². The number of carbonyl (C=O) groups is 1. The lowest BCUT2D eigenvalue weighted by molar-refractivity contribution is -0.161. The van der Waals surface area contributed by atoms with Crippen LogP contribution >= 0.6 is 23.2 Å². The van der Waals surface area contributed by atoms with Crippen LogP contribution in [0.3, 0.4) is 0 Å². The van der Waals surface area contributed by atoms with Crippen molar-refractivity contribution < 1.29 is 14.6 Å². The summed E-state index contributed by atoms with van der Waals surface area (Å²) in [7, 11) is 0. The Labute approximate surface area is 185 Å². The van der Waals surface area contributed by atoms with E-state index in [9.17, 15) is 9.90 Å². The highest BCUT2D eigenvalue weighted by Crippen LogP contribution is 2.41. The van der Waals surface area contributed by atoms with Gasteiger partial charge in [0.25, 0.3) is 0 Å². The molecule has 0 saturated carbocycles. The van der Waals surface area contributed by atoms with Crippen LogP contribution in [0.15, 0.2) is 78.9 Å². The Balaban J connectivity index is 1.71. The molecule has 1 amide bonds. The summed E-state index contributed by atoms with van der Waals surface area (Å²) in [5, 5.41) is 12.1. The molecule has 0 unspecified atom stereocenters. The van der Waals surface area contributed by atoms with E-state index in [1.54, 1.807) is 29.2 Å². The molecule has 0 aromatic heterocycles. The van der Waals surface area contributed by atoms with Crippen LogP contribution in [-0.4, -0.2) is 29.1 Å². The molecule has 0 bridgehead atoms. The topological polar surface area (TPSA) is 49.8 Å². The summed E-state index contributed by atoms with van der Waals surface area (Å²) in [6.45, 7) is 0.0997. The van der Waals surface area contributed by atoms with Crippen molar-refractivity contribution >= 4 is 29.1 Å². The highest BCUT2D eigenvalue weighted by molar-refractivity contribution is 6.30. The van der Waals surface area contributed by atoms with E-state index in [-0.39, 0.29) is 19.1 Å². The molecule has 4 rings (SSSR count). The molecule has 3 aromatic rings. The number of nitrogens with zero attached hydrogens (tertiary/aromatic N) is 1. The Morgan fingerprint density at radius 2 is 1.47 bits per heavy atom. The summed E-state index contributed by atoms with van der Waals surface area (Å²) in [4.78, 5) is 14.6. The van der Waals surface area contributed by atoms with Gasteiger partial charge in [0, 0.05) is 10.0 Å². The summed E-state index contributed by atoms with van der Waals surface area (Å²) in [6, 6.07) is 23.7. The number of aliphatic hydroxyl groups is 1. The number of aliphatic hydroxyl groups excluding tert-OH is 1. The summed E-state index contributed by atoms with van der Waals surface area (Å²) in [6.07, 6.45) is -1.21. The van der Waals surface area contributed by atoms with Crippen LogP contribution in [0.2, 0.25) is 10.0 Å². The second kappa shape index (κ2) is 9.19. The van der Waals surface area contributed by atoms with Gasteiger partial charge in [-0.3, -0.25) is 4.79 Å². The highest BCUT2D eigenvalue weighted by atomic mass is 35.5. The summed E-state index contributed by atoms with van der Waals surface area (Å²) >= 11 is 12.1. The average molecular weight is 442 g/mol. The minimum atomic E-state index is -0.811. The summed E-state index contributed by atoms with van der Waals surface area (Å²) < 4.78 is 5.98. The van der Waals surface area contributed by atoms with Gasteiger partial charge in [0.1, 0.15) is 12.7 Å². The van der Waals surface area contributed by atoms with Crippen LogP contribution in [0.1, 0.15) is 34.9 Å². The van der Waals surface area contributed by atoms with Gasteiger partial charge in [-0.1, -0.05) is 77.8 Å². The molecule has 1 saturated heterocycles. The van der Waals surface area contributed by atoms with Gasteiger partial charge in [-0.25, -0.2) is 0 Å². The van der Waals surface area contributed by atoms with Crippen LogP contribution < -0.4 is 0 Å². The Kier molecular flexibility index (Phi) is 6.40. The lowest BCUT2D eigenvalue weighted by atomic mass is 9.92. The molecule has 1 fully saturated rings. The number of hydrogen-bond acceptors (Lipinski definition) is 3. The molecule has 0 aliphatic carbocycles. The van der Waals surface area contributed by atoms with Gasteiger partial charge < -0.3 is 14.7 Å². The number of benzene rings is 3. The van der Waals surface area contributed by atoms with E-state index >= 15 is 0 Å². The SMILES string of the molecule is O=C1CO[C@H](c2ccc(Cl)cc2)[C@H](c2ccc(Cl)cc2)N1C[C@H](O)c1ccccc1. The highest BCUT2D eigenvalue weighted by Gasteiger charge is 2.39. The summed E-state index contributed by atoms with van der Waals surface area (Å²) in [5.74, 6) is -0.171. The zero-order chi connectivity index (χ0) is 21.1. The third kappa shape index (κ3) is 4.52. The lowest BCUT2D eigenvalue weighted by Gasteiger charge is -2.42. The quantitative estimate of drug-likeness (QED) is 0.578. The number of β-amino-alcohol motifs (C(OH)–C–C–N with tert-alkyl or cyclic N) is 1. The van der Waals surface area contributed by atoms with E-state index < -0.39 is 18.2 Å². The molecule has 6 heteroatoms. The Morgan fingerprint density at radius 1 is 0.900 bits per heavy atom. The van der Waals surface area contributed by atoms with Crippen molar-refractivity contribution in [3.05, 3.63) is 106 Å². The molecule has 4 nitrogen and oxygen atoms in total. The largest absolute Gasteiger partial charge is 0.387 e. The molecule has 1 aliphatic rings. The van der Waals surface area contributed by atoms with Crippen molar-refractivity contribution in [1.82, 2.24) is 4.90 Å². The van der Waals surface area contributed by atoms with Crippen LogP contribution in [0, 0.1) is 0 Å². The van der Waals surface area contributed by atoms with E-state index in [4.69, 9.17) is 27.9 Å². The normalized spacial score (nSPS) is 20.2. The third-order valence-electron chi connectivity index (χ3n) is 5.29. The zero-order valence-electron chi connectivity index (χ0n) is 16.1. The maximum Gasteiger partial charge on any atom is 0.249 e. The van der Waals surface area contributed by atoms with Crippen LogP contribution in [0.25, 0.3) is 0 Å². The van der Waals surface area contributed by atoms with Gasteiger partial charge in [-0.2, -0.15) is 0 Å². The average Bonchev–Trinajstić information content (AvgIpc) is 2.77. The van der Waals surface area contributed by atoms with Crippen molar-refractivity contribution in [1.29, 1.82) is 0 Å². The van der Waals surface area contributed by atoms with Gasteiger partial charge in [0.15, 0.2) is 0 Å². The van der Waals surface area contributed by atoms with E-state index in [0.717, 1.165) is 16.7 Å². The van der Waals surface area contributed by atoms with E-state index in [1.807, 2.05) is 54.6 Å². The minimum Gasteiger partial charge on any atom is -0.387 e. The molecule has 3 atom stereocenters. The number of morpholine rings is 1. The number of amides is 1. The van der Waals surface area contributed by atoms with Gasteiger partial charge in [-0.05, 0) is 41.0 Å². The fourth-order valence-corrected chi connectivity index (χ4v) is 4.03. The predicted molar refractivity (Wildman–Crippen MR) is 117 cm³/mol. The van der Waals surface area contributed by atoms with Crippen LogP contribution in [0.4, 0.5) is 0 Å². The van der Waals surface area contributed by atoms with Gasteiger partial charge >= 0.3 is 0 Å². The zero-order valence-corrected chi connectivity index (χ0v) is 17.6. The second-order valence-electron chi connectivity index (χ2n) is 7.25. The smallest absolute Gasteiger partial charge is 0.249 e. The molecule has 1 N–H and O–H groups in total. The lowest BCUT2D eigenvalue weighted by Crippen LogP contribution is -2.47. The minimum absolute atomic E-state index is 0.0567. The van der Waals surface area contributed by atoms with Crippen molar-refractivity contribution in [3.63, 3.8) is 0 Å². The van der Waals surface area contributed by atoms with Gasteiger partial charge in [0.05, 0.1) is 18.7 Å². The molecule has 3 aromatic carbocycles. The molecule has 1 aliphatic heterocycles. The molecule has 0 spiro atoms. The van der Waals surface area contributed by atoms with Crippen molar-refractivity contribution in [2.75, 3.05) is 13.2 Å². The predicted octanol–water partition coefficient (Wildman–Crippen LogP) is 5.37. The number of carbonyl (C=O) groups excluding carboxylic acids is 1. The molecule has 1 heterocycles. The fraction of sp³-hybridized carbons (Fsp3) is 0.208. The summed E-state index contributed by atoms with van der Waals surface area (Å²) in [5.41, 5.74) is 2.55. The Hall–Kier alpha value is -2.37. The van der Waals surface area contributed by atoms with Crippen molar-refractivity contribution in [2.24, 2.45) is 0 Å². The first kappa shape index (κ1) is 20.9. The molecule has 0 radical (unpaired) electrons. The second-order valence-corrected chi connectivity index (χ2v) is 8.12. The van der Waals surface area contributed by atoms with Crippen molar-refractivity contribution in [2.45, 2.75) is 18.2 Å². The first-order valence-electron chi connectivity index (χ1n) is 9.68. The Morgan fingerprint density at radius 3 is 2.07 bits per heavy atom. The van der Waals surface area contributed by atoms with Crippen LogP contribution in [0.5, 0.6) is 0 Å². The van der Waals surface area contributed by atoms with E-state index in [1.165, 1.54) is 0 Å². The maximum absolute atomic E-state index is 12.9. The monoisotopic (exact) mass is 441 g/mol. The molecule has 154 valence electrons. The number of hydrogen-bond donors (Lipinski definition) is 1. The fourth-order valence-electron chi connectivity index (χ4n) is 3.78. The number of rotatable bonds is 5. The number of halogens is 2. The first-order chi connectivity index (χ1) is 14.5. The van der Waals surface area contributed by atoms with Gasteiger partial charge in [-0.15, -0.1) is 0 Å². The molecular weight excluding hydrogens is 421 g/mol.